The number of nitrogens with two attached hydrogens (primary N) is 2. The van der Waals surface area contributed by atoms with Crippen LogP contribution in [-0.4, -0.2) is 34.8 Å². The maximum Gasteiger partial charge on any atom is 0.235 e. The van der Waals surface area contributed by atoms with Crippen LogP contribution < -0.4 is 11.5 Å². The van der Waals surface area contributed by atoms with Crippen LogP contribution in [0.15, 0.2) is 0 Å². The first-order chi connectivity index (χ1) is 8.32. The van der Waals surface area contributed by atoms with Gasteiger partial charge in [-0.1, -0.05) is 18.6 Å². The molecule has 1 atom stereocenters. The summed E-state index contributed by atoms with van der Waals surface area (Å²) in [6.45, 7) is 2.74. The van der Waals surface area contributed by atoms with Gasteiger partial charge in [-0.2, -0.15) is 0 Å². The van der Waals surface area contributed by atoms with E-state index in [4.69, 9.17) is 23.7 Å². The summed E-state index contributed by atoms with van der Waals surface area (Å²) in [6, 6.07) is 0. The third-order valence-electron chi connectivity index (χ3n) is 4.44. The van der Waals surface area contributed by atoms with Gasteiger partial charge in [-0.05, 0) is 26.2 Å². The van der Waals surface area contributed by atoms with E-state index in [-0.39, 0.29) is 16.8 Å². The van der Waals surface area contributed by atoms with E-state index in [1.165, 1.54) is 0 Å². The highest BCUT2D eigenvalue weighted by Gasteiger charge is 2.52. The molecule has 2 rings (SSSR count). The SMILES string of the molecule is CC1(C(N)=O)CCN(C(=O)C2(C(N)=S)CCC2)C1. The monoisotopic (exact) mass is 269 g/mol. The number of hydrogen-bond donors (Lipinski definition) is 2. The van der Waals surface area contributed by atoms with Crippen LogP contribution in [0.25, 0.3) is 0 Å². The van der Waals surface area contributed by atoms with Gasteiger partial charge in [0.1, 0.15) is 0 Å². The zero-order chi connectivity index (χ0) is 13.6. The van der Waals surface area contributed by atoms with Crippen LogP contribution in [0.2, 0.25) is 0 Å². The molecule has 4 N–H and O–H groups in total. The molecule has 100 valence electrons. The molecule has 0 aromatic rings. The van der Waals surface area contributed by atoms with E-state index in [9.17, 15) is 9.59 Å². The van der Waals surface area contributed by atoms with Gasteiger partial charge in [0.2, 0.25) is 11.8 Å². The predicted molar refractivity (Wildman–Crippen MR) is 71.6 cm³/mol. The Morgan fingerprint density at radius 2 is 1.83 bits per heavy atom. The van der Waals surface area contributed by atoms with E-state index in [0.29, 0.717) is 19.5 Å². The van der Waals surface area contributed by atoms with E-state index < -0.39 is 10.8 Å². The van der Waals surface area contributed by atoms with Gasteiger partial charge in [0, 0.05) is 13.1 Å². The lowest BCUT2D eigenvalue weighted by Crippen LogP contribution is -2.54. The van der Waals surface area contributed by atoms with Crippen LogP contribution in [0.4, 0.5) is 0 Å². The largest absolute Gasteiger partial charge is 0.392 e. The second-order valence-electron chi connectivity index (χ2n) is 5.70. The Kier molecular flexibility index (Phi) is 3.09. The first-order valence-electron chi connectivity index (χ1n) is 6.21. The molecule has 2 aliphatic rings. The van der Waals surface area contributed by atoms with Gasteiger partial charge < -0.3 is 16.4 Å². The number of amides is 2. The van der Waals surface area contributed by atoms with Crippen molar-refractivity contribution in [3.63, 3.8) is 0 Å². The summed E-state index contributed by atoms with van der Waals surface area (Å²) in [6.07, 6.45) is 3.04. The lowest BCUT2D eigenvalue weighted by Gasteiger charge is -2.41. The van der Waals surface area contributed by atoms with Gasteiger partial charge in [-0.3, -0.25) is 9.59 Å². The van der Waals surface area contributed by atoms with Gasteiger partial charge in [-0.15, -0.1) is 0 Å². The van der Waals surface area contributed by atoms with E-state index in [1.54, 1.807) is 11.8 Å². The molecule has 0 radical (unpaired) electrons. The molecule has 0 aromatic carbocycles. The van der Waals surface area contributed by atoms with Crippen LogP contribution >= 0.6 is 12.2 Å². The van der Waals surface area contributed by atoms with Crippen molar-refractivity contribution in [2.75, 3.05) is 13.1 Å². The average molecular weight is 269 g/mol. The summed E-state index contributed by atoms with van der Waals surface area (Å²) in [5.41, 5.74) is 9.83. The molecule has 1 saturated heterocycles. The van der Waals surface area contributed by atoms with Crippen molar-refractivity contribution in [1.82, 2.24) is 4.90 Å². The minimum Gasteiger partial charge on any atom is -0.392 e. The van der Waals surface area contributed by atoms with E-state index in [2.05, 4.69) is 0 Å². The third-order valence-corrected chi connectivity index (χ3v) is 4.83. The van der Waals surface area contributed by atoms with Crippen LogP contribution in [0.5, 0.6) is 0 Å². The zero-order valence-corrected chi connectivity index (χ0v) is 11.4. The number of rotatable bonds is 3. The van der Waals surface area contributed by atoms with Crippen LogP contribution in [0, 0.1) is 10.8 Å². The summed E-state index contributed by atoms with van der Waals surface area (Å²) in [5.74, 6) is -0.373. The molecular weight excluding hydrogens is 250 g/mol. The highest BCUT2D eigenvalue weighted by atomic mass is 32.1. The van der Waals surface area contributed by atoms with Crippen LogP contribution in [0.1, 0.15) is 32.6 Å². The molecule has 1 saturated carbocycles. The smallest absolute Gasteiger partial charge is 0.235 e. The molecule has 0 spiro atoms. The number of hydrogen-bond acceptors (Lipinski definition) is 3. The normalized spacial score (nSPS) is 29.7. The second kappa shape index (κ2) is 4.19. The Morgan fingerprint density at radius 3 is 2.17 bits per heavy atom. The molecular formula is C12H19N3O2S. The lowest BCUT2D eigenvalue weighted by atomic mass is 9.67. The number of nitrogens with zero attached hydrogens (tertiary/aromatic N) is 1. The Balaban J connectivity index is 2.13. The molecule has 1 aliphatic carbocycles. The molecule has 2 amide bonds. The third kappa shape index (κ3) is 1.79. The summed E-state index contributed by atoms with van der Waals surface area (Å²) < 4.78 is 0. The van der Waals surface area contributed by atoms with Crippen LogP contribution in [0.3, 0.4) is 0 Å². The number of primary amides is 1. The summed E-state index contributed by atoms with van der Waals surface area (Å²) in [7, 11) is 0. The number of carbonyl (C=O) groups excluding carboxylic acids is 2. The van der Waals surface area contributed by atoms with Gasteiger partial charge in [-0.25, -0.2) is 0 Å². The highest BCUT2D eigenvalue weighted by Crippen LogP contribution is 2.44. The minimum absolute atomic E-state index is 0.0220. The van der Waals surface area contributed by atoms with Gasteiger partial charge in [0.25, 0.3) is 0 Å². The Bertz CT molecular complexity index is 420. The predicted octanol–water partition coefficient (Wildman–Crippen LogP) is 0.167. The standard InChI is InChI=1S/C12H19N3O2S/c1-11(8(13)16)5-6-15(7-11)10(17)12(9(14)18)3-2-4-12/h2-7H2,1H3,(H2,13,16)(H2,14,18). The maximum absolute atomic E-state index is 12.5. The number of thiocarbonyl (C=S) groups is 1. The summed E-state index contributed by atoms with van der Waals surface area (Å²) >= 11 is 5.04. The van der Waals surface area contributed by atoms with Gasteiger partial charge >= 0.3 is 0 Å². The summed E-state index contributed by atoms with van der Waals surface area (Å²) in [5, 5.41) is 0. The Labute approximate surface area is 112 Å². The average Bonchev–Trinajstić information content (AvgIpc) is 2.59. The Morgan fingerprint density at radius 1 is 1.22 bits per heavy atom. The molecule has 0 bridgehead atoms. The molecule has 0 aromatic heterocycles. The molecule has 18 heavy (non-hydrogen) atoms. The topological polar surface area (TPSA) is 89.4 Å². The lowest BCUT2D eigenvalue weighted by molar-refractivity contribution is -0.141. The van der Waals surface area contributed by atoms with Crippen molar-refractivity contribution in [1.29, 1.82) is 0 Å². The van der Waals surface area contributed by atoms with Crippen LogP contribution in [-0.2, 0) is 9.59 Å². The van der Waals surface area contributed by atoms with Gasteiger partial charge in [0.05, 0.1) is 15.8 Å². The molecule has 1 heterocycles. The fraction of sp³-hybridized carbons (Fsp3) is 0.750. The zero-order valence-electron chi connectivity index (χ0n) is 10.6. The van der Waals surface area contributed by atoms with Crippen molar-refractivity contribution in [3.8, 4) is 0 Å². The second-order valence-corrected chi connectivity index (χ2v) is 6.14. The first-order valence-corrected chi connectivity index (χ1v) is 6.62. The fourth-order valence-corrected chi connectivity index (χ4v) is 3.03. The summed E-state index contributed by atoms with van der Waals surface area (Å²) in [4.78, 5) is 25.9. The van der Waals surface area contributed by atoms with E-state index >= 15 is 0 Å². The molecule has 2 fully saturated rings. The fourth-order valence-electron chi connectivity index (χ4n) is 2.73. The van der Waals surface area contributed by atoms with Gasteiger partial charge in [0.15, 0.2) is 0 Å². The van der Waals surface area contributed by atoms with Crippen molar-refractivity contribution < 1.29 is 9.59 Å². The first kappa shape index (κ1) is 13.3. The quantitative estimate of drug-likeness (QED) is 0.715. The highest BCUT2D eigenvalue weighted by molar-refractivity contribution is 7.80. The number of likely N-dealkylation sites (tertiary alicyclic amines) is 1. The van der Waals surface area contributed by atoms with Crippen molar-refractivity contribution >= 4 is 29.0 Å². The minimum atomic E-state index is -0.655. The Hall–Kier alpha value is -1.17. The van der Waals surface area contributed by atoms with Crippen molar-refractivity contribution in [2.45, 2.75) is 32.6 Å². The van der Waals surface area contributed by atoms with Crippen molar-refractivity contribution in [2.24, 2.45) is 22.3 Å². The van der Waals surface area contributed by atoms with Crippen molar-refractivity contribution in [3.05, 3.63) is 0 Å². The molecule has 1 aliphatic heterocycles. The van der Waals surface area contributed by atoms with E-state index in [0.717, 1.165) is 19.3 Å². The number of carbonyl (C=O) groups is 2. The molecule has 1 unspecified atom stereocenters. The maximum atomic E-state index is 12.5. The molecule has 6 heteroatoms. The molecule has 5 nitrogen and oxygen atoms in total. The van der Waals surface area contributed by atoms with E-state index in [1.807, 2.05) is 0 Å².